The normalized spacial score (nSPS) is 12.9. The van der Waals surface area contributed by atoms with Gasteiger partial charge in [0.1, 0.15) is 11.5 Å². The highest BCUT2D eigenvalue weighted by Crippen LogP contribution is 2.32. The van der Waals surface area contributed by atoms with Crippen LogP contribution in [0.15, 0.2) is 109 Å². The Kier molecular flexibility index (Phi) is 9.28. The summed E-state index contributed by atoms with van der Waals surface area (Å²) in [5.74, 6) is -0.653. The van der Waals surface area contributed by atoms with E-state index in [2.05, 4.69) is 10.6 Å². The molecule has 0 bridgehead atoms. The van der Waals surface area contributed by atoms with E-state index in [0.29, 0.717) is 45.1 Å². The molecule has 5 aromatic carbocycles. The summed E-state index contributed by atoms with van der Waals surface area (Å²) in [5, 5.41) is 6.02. The van der Waals surface area contributed by atoms with Gasteiger partial charge in [-0.1, -0.05) is 12.1 Å². The number of imide groups is 2. The molecule has 51 heavy (non-hydrogen) atoms. The van der Waals surface area contributed by atoms with E-state index in [4.69, 9.17) is 4.74 Å². The van der Waals surface area contributed by atoms with E-state index in [0.717, 1.165) is 21.2 Å². The molecule has 0 atom stereocenters. The molecule has 2 aliphatic heterocycles. The molecule has 2 N–H and O–H groups in total. The number of hydrogen-bond donors (Lipinski definition) is 2. The van der Waals surface area contributed by atoms with Crippen molar-refractivity contribution in [1.29, 1.82) is 0 Å². The van der Waals surface area contributed by atoms with Crippen LogP contribution < -0.4 is 25.2 Å². The average Bonchev–Trinajstić information content (AvgIpc) is 3.55. The second-order valence-corrected chi connectivity index (χ2v) is 11.7. The molecule has 4 amide bonds. The second-order valence-electron chi connectivity index (χ2n) is 11.7. The molecule has 0 saturated heterocycles. The van der Waals surface area contributed by atoms with Crippen molar-refractivity contribution in [2.24, 2.45) is 0 Å². The molecule has 0 saturated carbocycles. The van der Waals surface area contributed by atoms with Gasteiger partial charge in [-0.2, -0.15) is 0 Å². The van der Waals surface area contributed by atoms with Crippen molar-refractivity contribution in [2.45, 2.75) is 13.8 Å². The third-order valence-electron chi connectivity index (χ3n) is 8.47. The van der Waals surface area contributed by atoms with E-state index in [-0.39, 0.29) is 28.6 Å². The molecular weight excluding hydrogens is 648 g/mol. The van der Waals surface area contributed by atoms with Crippen LogP contribution in [-0.4, -0.2) is 49.3 Å². The Hall–Kier alpha value is -6.88. The quantitative estimate of drug-likeness (QED) is 0.128. The average molecular weight is 681 g/mol. The lowest BCUT2D eigenvalue weighted by molar-refractivity contribution is 0.0910. The molecule has 5 aromatic rings. The molecule has 0 radical (unpaired) electrons. The molecular formula is C40H32N4O7. The molecule has 0 fully saturated rings. The van der Waals surface area contributed by atoms with Crippen molar-refractivity contribution in [3.8, 4) is 11.5 Å². The predicted octanol–water partition coefficient (Wildman–Crippen LogP) is 7.26. The molecule has 0 aromatic heterocycles. The molecule has 0 aliphatic carbocycles. The van der Waals surface area contributed by atoms with E-state index < -0.39 is 17.7 Å². The Morgan fingerprint density at radius 2 is 0.804 bits per heavy atom. The number of nitrogens with one attached hydrogen (secondary N) is 2. The number of ether oxygens (including phenoxy) is 1. The van der Waals surface area contributed by atoms with Gasteiger partial charge in [0.15, 0.2) is 11.6 Å². The SMILES string of the molecule is CNc1ccc(N2C(=O)c3ccc(C(C)=O)cc3C2=O)cc1.CNc1ccc(Oc2ccc(N3C(=O)c4ccc(C(C)=O)cc4C3=O)cc2)cc1. The van der Waals surface area contributed by atoms with E-state index >= 15 is 0 Å². The van der Waals surface area contributed by atoms with Gasteiger partial charge in [0.2, 0.25) is 0 Å². The first-order valence-corrected chi connectivity index (χ1v) is 15.9. The van der Waals surface area contributed by atoms with Crippen LogP contribution in [0.25, 0.3) is 0 Å². The fourth-order valence-electron chi connectivity index (χ4n) is 5.65. The van der Waals surface area contributed by atoms with Gasteiger partial charge in [-0.05, 0) is 111 Å². The molecule has 0 spiro atoms. The summed E-state index contributed by atoms with van der Waals surface area (Å²) in [6.45, 7) is 2.85. The minimum atomic E-state index is -0.440. The lowest BCUT2D eigenvalue weighted by Crippen LogP contribution is -2.29. The zero-order valence-corrected chi connectivity index (χ0v) is 28.1. The molecule has 7 rings (SSSR count). The topological polar surface area (TPSA) is 142 Å². The van der Waals surface area contributed by atoms with E-state index in [1.54, 1.807) is 67.7 Å². The van der Waals surface area contributed by atoms with Crippen molar-refractivity contribution in [2.75, 3.05) is 34.5 Å². The summed E-state index contributed by atoms with van der Waals surface area (Å²) in [5.41, 5.74) is 4.78. The lowest BCUT2D eigenvalue weighted by atomic mass is 10.0. The number of hydrogen-bond acceptors (Lipinski definition) is 9. The lowest BCUT2D eigenvalue weighted by Gasteiger charge is -2.14. The van der Waals surface area contributed by atoms with Gasteiger partial charge >= 0.3 is 0 Å². The maximum absolute atomic E-state index is 12.8. The van der Waals surface area contributed by atoms with Crippen LogP contribution in [0, 0.1) is 0 Å². The number of amides is 4. The summed E-state index contributed by atoms with van der Waals surface area (Å²) >= 11 is 0. The summed E-state index contributed by atoms with van der Waals surface area (Å²) < 4.78 is 5.80. The monoisotopic (exact) mass is 680 g/mol. The first-order chi connectivity index (χ1) is 24.5. The first-order valence-electron chi connectivity index (χ1n) is 15.9. The van der Waals surface area contributed by atoms with E-state index in [1.165, 1.54) is 38.1 Å². The van der Waals surface area contributed by atoms with Gasteiger partial charge in [0.05, 0.1) is 33.6 Å². The van der Waals surface area contributed by atoms with Crippen LogP contribution in [0.3, 0.4) is 0 Å². The maximum Gasteiger partial charge on any atom is 0.266 e. The van der Waals surface area contributed by atoms with Crippen LogP contribution >= 0.6 is 0 Å². The highest BCUT2D eigenvalue weighted by atomic mass is 16.5. The van der Waals surface area contributed by atoms with Gasteiger partial charge in [0, 0.05) is 36.6 Å². The fraction of sp³-hybridized carbons (Fsp3) is 0.100. The number of nitrogens with zero attached hydrogens (tertiary/aromatic N) is 2. The second kappa shape index (κ2) is 13.9. The summed E-state index contributed by atoms with van der Waals surface area (Å²) in [7, 11) is 3.63. The summed E-state index contributed by atoms with van der Waals surface area (Å²) in [6, 6.07) is 30.4. The van der Waals surface area contributed by atoms with Gasteiger partial charge in [-0.3, -0.25) is 28.8 Å². The largest absolute Gasteiger partial charge is 0.457 e. The minimum Gasteiger partial charge on any atom is -0.457 e. The molecule has 2 heterocycles. The third kappa shape index (κ3) is 6.60. The molecule has 0 unspecified atom stereocenters. The number of rotatable bonds is 8. The van der Waals surface area contributed by atoms with Crippen LogP contribution in [0.1, 0.15) is 76.0 Å². The van der Waals surface area contributed by atoms with Gasteiger partial charge in [-0.15, -0.1) is 0 Å². The van der Waals surface area contributed by atoms with Gasteiger partial charge in [0.25, 0.3) is 23.6 Å². The third-order valence-corrected chi connectivity index (χ3v) is 8.47. The highest BCUT2D eigenvalue weighted by molar-refractivity contribution is 6.35. The summed E-state index contributed by atoms with van der Waals surface area (Å²) in [4.78, 5) is 75.7. The number of benzene rings is 5. The molecule has 2 aliphatic rings. The van der Waals surface area contributed by atoms with E-state index in [1.807, 2.05) is 31.3 Å². The number of carbonyl (C=O) groups excluding carboxylic acids is 6. The Morgan fingerprint density at radius 1 is 0.471 bits per heavy atom. The molecule has 11 heteroatoms. The zero-order chi connectivity index (χ0) is 36.4. The first kappa shape index (κ1) is 34.0. The molecule has 254 valence electrons. The van der Waals surface area contributed by atoms with Crippen LogP contribution in [-0.2, 0) is 0 Å². The summed E-state index contributed by atoms with van der Waals surface area (Å²) in [6.07, 6.45) is 0. The van der Waals surface area contributed by atoms with Crippen LogP contribution in [0.2, 0.25) is 0 Å². The predicted molar refractivity (Wildman–Crippen MR) is 194 cm³/mol. The van der Waals surface area contributed by atoms with Gasteiger partial charge < -0.3 is 15.4 Å². The zero-order valence-electron chi connectivity index (χ0n) is 28.1. The highest BCUT2D eigenvalue weighted by Gasteiger charge is 2.38. The molecule has 11 nitrogen and oxygen atoms in total. The Morgan fingerprint density at radius 3 is 1.18 bits per heavy atom. The number of carbonyl (C=O) groups is 6. The number of Topliss-reactive ketones (excluding diaryl/α,β-unsaturated/α-hetero) is 2. The van der Waals surface area contributed by atoms with Crippen LogP contribution in [0.5, 0.6) is 11.5 Å². The van der Waals surface area contributed by atoms with E-state index in [9.17, 15) is 28.8 Å². The van der Waals surface area contributed by atoms with Crippen molar-refractivity contribution < 1.29 is 33.5 Å². The standard InChI is InChI=1S/C23H18N2O4.C17H14N2O3/c1-14(26)15-3-12-20-21(13-15)23(28)25(22(20)27)17-6-10-19(11-7-17)29-18-8-4-16(24-2)5-9-18;1-10(20)11-3-8-14-15(9-11)17(22)19(16(14)21)13-6-4-12(18-2)5-7-13/h3-13,24H,1-2H3;3-9,18H,1-2H3. The van der Waals surface area contributed by atoms with Crippen molar-refractivity contribution in [1.82, 2.24) is 0 Å². The minimum absolute atomic E-state index is 0.139. The van der Waals surface area contributed by atoms with Crippen molar-refractivity contribution >= 4 is 57.9 Å². The number of ketones is 2. The van der Waals surface area contributed by atoms with Gasteiger partial charge in [-0.25, -0.2) is 9.80 Å². The van der Waals surface area contributed by atoms with Crippen LogP contribution in [0.4, 0.5) is 22.7 Å². The van der Waals surface area contributed by atoms with Crippen molar-refractivity contribution in [3.05, 3.63) is 143 Å². The Balaban J connectivity index is 0.000000183. The van der Waals surface area contributed by atoms with Crippen molar-refractivity contribution in [3.63, 3.8) is 0 Å². The number of anilines is 4. The maximum atomic E-state index is 12.8. The Labute approximate surface area is 293 Å². The fourth-order valence-corrected chi connectivity index (χ4v) is 5.65. The number of fused-ring (bicyclic) bond motifs is 2. The smallest absolute Gasteiger partial charge is 0.266 e. The Bertz CT molecular complexity index is 2230.